The molecule has 1 amide bonds. The molecule has 5 N–H and O–H groups in total. The van der Waals surface area contributed by atoms with E-state index in [4.69, 9.17) is 9.56 Å². The number of anilines is 1. The van der Waals surface area contributed by atoms with E-state index in [0.29, 0.717) is 11.4 Å². The van der Waals surface area contributed by atoms with Crippen LogP contribution in [0.5, 0.6) is 0 Å². The van der Waals surface area contributed by atoms with E-state index < -0.39 is 27.9 Å². The van der Waals surface area contributed by atoms with Crippen LogP contribution in [-0.2, 0) is 26.2 Å². The maximum atomic E-state index is 12.0. The molecule has 0 spiro atoms. The van der Waals surface area contributed by atoms with Crippen LogP contribution in [0.4, 0.5) is 5.69 Å². The van der Waals surface area contributed by atoms with Gasteiger partial charge in [0.2, 0.25) is 15.9 Å². The second-order valence-corrected chi connectivity index (χ2v) is 6.83. The Hall–Kier alpha value is -2.69. The number of rotatable bonds is 8. The highest BCUT2D eigenvalue weighted by Crippen LogP contribution is 2.13. The lowest BCUT2D eigenvalue weighted by atomic mass is 10.2. The topological polar surface area (TPSA) is 159 Å². The Balaban J connectivity index is 1.93. The van der Waals surface area contributed by atoms with Gasteiger partial charge in [-0.3, -0.25) is 4.79 Å². The highest BCUT2D eigenvalue weighted by atomic mass is 32.2. The molecule has 0 saturated heterocycles. The summed E-state index contributed by atoms with van der Waals surface area (Å²) in [5, 5.41) is 20.1. The van der Waals surface area contributed by atoms with Crippen molar-refractivity contribution in [3.05, 3.63) is 48.4 Å². The number of quaternary nitrogens is 1. The smallest absolute Gasteiger partial charge is 0.238 e. The van der Waals surface area contributed by atoms with Crippen molar-refractivity contribution >= 4 is 27.6 Å². The van der Waals surface area contributed by atoms with Crippen molar-refractivity contribution in [3.63, 3.8) is 0 Å². The Bertz CT molecular complexity index is 831. The van der Waals surface area contributed by atoms with Crippen molar-refractivity contribution < 1.29 is 32.8 Å². The summed E-state index contributed by atoms with van der Waals surface area (Å²) in [7, 11) is -3.82. The molecule has 2 rings (SSSR count). The van der Waals surface area contributed by atoms with E-state index in [9.17, 15) is 23.1 Å². The molecule has 0 radical (unpaired) electrons. The summed E-state index contributed by atoms with van der Waals surface area (Å²) in [6.07, 6.45) is 1.15. The maximum absolute atomic E-state index is 12.0. The number of carbonyl (C=O) groups is 2. The molecule has 1 aromatic heterocycles. The van der Waals surface area contributed by atoms with Gasteiger partial charge in [-0.15, -0.1) is 0 Å². The molecule has 0 fully saturated rings. The number of carbonyl (C=O) groups excluding carboxylic acids is 2. The van der Waals surface area contributed by atoms with Gasteiger partial charge in [0.25, 0.3) is 0 Å². The van der Waals surface area contributed by atoms with Crippen molar-refractivity contribution in [2.45, 2.75) is 23.9 Å². The molecular formula is C15H17N3O6S. The quantitative estimate of drug-likeness (QED) is 0.496. The van der Waals surface area contributed by atoms with Crippen LogP contribution in [0.25, 0.3) is 0 Å². The molecule has 0 aliphatic carbocycles. The van der Waals surface area contributed by atoms with Gasteiger partial charge in [-0.05, 0) is 36.4 Å². The fourth-order valence-electron chi connectivity index (χ4n) is 2.09. The van der Waals surface area contributed by atoms with E-state index in [0.717, 1.165) is 0 Å². The summed E-state index contributed by atoms with van der Waals surface area (Å²) >= 11 is 0. The SMILES string of the molecule is NS(=O)(=O)c1ccc(NC(=O)C[C@@H]([NH2+]Cc2ccco2)C(=O)[O-])cc1. The fraction of sp³-hybridized carbons (Fsp3) is 0.200. The van der Waals surface area contributed by atoms with Crippen LogP contribution in [-0.4, -0.2) is 26.3 Å². The third-order valence-corrected chi connectivity index (χ3v) is 4.29. The molecule has 1 heterocycles. The first kappa shape index (κ1) is 18.6. The van der Waals surface area contributed by atoms with Crippen molar-refractivity contribution in [2.75, 3.05) is 5.32 Å². The van der Waals surface area contributed by atoms with Gasteiger partial charge in [0, 0.05) is 5.69 Å². The molecular weight excluding hydrogens is 350 g/mol. The van der Waals surface area contributed by atoms with Gasteiger partial charge in [-0.1, -0.05) is 0 Å². The lowest BCUT2D eigenvalue weighted by molar-refractivity contribution is -0.698. The van der Waals surface area contributed by atoms with Crippen LogP contribution in [0.1, 0.15) is 12.2 Å². The van der Waals surface area contributed by atoms with E-state index in [-0.39, 0.29) is 17.9 Å². The highest BCUT2D eigenvalue weighted by molar-refractivity contribution is 7.89. The largest absolute Gasteiger partial charge is 0.544 e. The van der Waals surface area contributed by atoms with Crippen molar-refractivity contribution in [1.29, 1.82) is 0 Å². The summed E-state index contributed by atoms with van der Waals surface area (Å²) in [6, 6.07) is 7.48. The Morgan fingerprint density at radius 3 is 2.44 bits per heavy atom. The number of carboxylic acid groups (broad SMARTS) is 1. The predicted molar refractivity (Wildman–Crippen MR) is 84.2 cm³/mol. The minimum Gasteiger partial charge on any atom is -0.544 e. The number of benzene rings is 1. The lowest BCUT2D eigenvalue weighted by Crippen LogP contribution is -2.92. The number of sulfonamides is 1. The summed E-state index contributed by atoms with van der Waals surface area (Å²) in [6.45, 7) is 0.252. The zero-order valence-corrected chi connectivity index (χ0v) is 13.9. The van der Waals surface area contributed by atoms with Crippen LogP contribution in [0.2, 0.25) is 0 Å². The molecule has 0 aliphatic rings. The molecule has 1 atom stereocenters. The lowest BCUT2D eigenvalue weighted by Gasteiger charge is -2.15. The second-order valence-electron chi connectivity index (χ2n) is 5.27. The average molecular weight is 367 g/mol. The Labute approximate surface area is 143 Å². The number of primary sulfonamides is 1. The average Bonchev–Trinajstić information content (AvgIpc) is 3.04. The molecule has 2 aromatic rings. The van der Waals surface area contributed by atoms with E-state index in [1.54, 1.807) is 12.1 Å². The Morgan fingerprint density at radius 1 is 1.24 bits per heavy atom. The Kier molecular flexibility index (Phi) is 5.91. The molecule has 0 unspecified atom stereocenters. The number of nitrogens with two attached hydrogens (primary N) is 2. The van der Waals surface area contributed by atoms with E-state index in [1.165, 1.54) is 35.8 Å². The van der Waals surface area contributed by atoms with Gasteiger partial charge in [0.05, 0.1) is 23.5 Å². The maximum Gasteiger partial charge on any atom is 0.238 e. The van der Waals surface area contributed by atoms with Gasteiger partial charge in [0.1, 0.15) is 12.6 Å². The minimum atomic E-state index is -3.82. The molecule has 0 saturated carbocycles. The first-order valence-corrected chi connectivity index (χ1v) is 8.79. The number of hydrogen-bond donors (Lipinski definition) is 3. The summed E-state index contributed by atoms with van der Waals surface area (Å²) < 4.78 is 27.4. The molecule has 25 heavy (non-hydrogen) atoms. The van der Waals surface area contributed by atoms with Crippen LogP contribution < -0.4 is 20.9 Å². The number of carboxylic acids is 1. The number of hydrogen-bond acceptors (Lipinski definition) is 6. The molecule has 9 nitrogen and oxygen atoms in total. The van der Waals surface area contributed by atoms with Crippen molar-refractivity contribution in [1.82, 2.24) is 0 Å². The van der Waals surface area contributed by atoms with Gasteiger partial charge >= 0.3 is 0 Å². The summed E-state index contributed by atoms with van der Waals surface area (Å²) in [5.74, 6) is -1.34. The van der Waals surface area contributed by atoms with Gasteiger partial charge < -0.3 is 25.0 Å². The third-order valence-electron chi connectivity index (χ3n) is 3.36. The molecule has 10 heteroatoms. The molecule has 1 aromatic carbocycles. The van der Waals surface area contributed by atoms with Crippen molar-refractivity contribution in [2.24, 2.45) is 5.14 Å². The first-order chi connectivity index (χ1) is 11.8. The monoisotopic (exact) mass is 367 g/mol. The van der Waals surface area contributed by atoms with Crippen molar-refractivity contribution in [3.8, 4) is 0 Å². The van der Waals surface area contributed by atoms with Gasteiger partial charge in [0.15, 0.2) is 5.76 Å². The number of furan rings is 1. The second kappa shape index (κ2) is 7.92. The zero-order chi connectivity index (χ0) is 18.4. The molecule has 0 aliphatic heterocycles. The fourth-order valence-corrected chi connectivity index (χ4v) is 2.61. The van der Waals surface area contributed by atoms with Crippen LogP contribution in [0, 0.1) is 0 Å². The summed E-state index contributed by atoms with van der Waals surface area (Å²) in [5.41, 5.74) is 0.320. The van der Waals surface area contributed by atoms with Gasteiger partial charge in [-0.25, -0.2) is 13.6 Å². The van der Waals surface area contributed by atoms with E-state index >= 15 is 0 Å². The normalized spacial score (nSPS) is 12.5. The van der Waals surface area contributed by atoms with Crippen LogP contribution in [0.15, 0.2) is 52.0 Å². The number of aliphatic carboxylic acids is 1. The predicted octanol–water partition coefficient (Wildman–Crippen LogP) is -1.86. The molecule has 0 bridgehead atoms. The summed E-state index contributed by atoms with van der Waals surface area (Å²) in [4.78, 5) is 23.1. The molecule has 134 valence electrons. The zero-order valence-electron chi connectivity index (χ0n) is 13.0. The number of amides is 1. The van der Waals surface area contributed by atoms with E-state index in [2.05, 4.69) is 5.32 Å². The van der Waals surface area contributed by atoms with Crippen LogP contribution >= 0.6 is 0 Å². The minimum absolute atomic E-state index is 0.0927. The highest BCUT2D eigenvalue weighted by Gasteiger charge is 2.19. The standard InChI is InChI=1S/C15H17N3O6S/c16-25(22,23)12-5-3-10(4-6-12)18-14(19)8-13(15(20)21)17-9-11-2-1-7-24-11/h1-7,13,17H,8-9H2,(H,18,19)(H,20,21)(H2,16,22,23)/t13-/m1/s1. The first-order valence-electron chi connectivity index (χ1n) is 7.25. The van der Waals surface area contributed by atoms with E-state index in [1.807, 2.05) is 0 Å². The van der Waals surface area contributed by atoms with Gasteiger partial charge in [-0.2, -0.15) is 0 Å². The number of nitrogens with one attached hydrogen (secondary N) is 1. The van der Waals surface area contributed by atoms with Crippen LogP contribution in [0.3, 0.4) is 0 Å². The third kappa shape index (κ3) is 5.71. The Morgan fingerprint density at radius 2 is 1.92 bits per heavy atom.